The number of hydrogen-bond acceptors (Lipinski definition) is 1. The molecular weight excluding hydrogens is 351 g/mol. The van der Waals surface area contributed by atoms with Crippen molar-refractivity contribution in [2.24, 2.45) is 0 Å². The van der Waals surface area contributed by atoms with E-state index in [1.807, 2.05) is 6.07 Å². The molecule has 1 N–H and O–H groups in total. The Labute approximate surface area is 102 Å². The van der Waals surface area contributed by atoms with Crippen LogP contribution in [0.15, 0.2) is 24.3 Å². The predicted molar refractivity (Wildman–Crippen MR) is 40.7 cm³/mol. The van der Waals surface area contributed by atoms with Gasteiger partial charge in [0.1, 0.15) is 5.75 Å². The summed E-state index contributed by atoms with van der Waals surface area (Å²) in [6, 6.07) is 6.89. The van der Waals surface area contributed by atoms with Gasteiger partial charge in [-0.1, -0.05) is 12.0 Å². The smallest absolute Gasteiger partial charge is 0.116 e. The molecule has 53 valence electrons. The molecule has 1 aromatic rings. The normalized spacial score (nSPS) is 7.36. The van der Waals surface area contributed by atoms with Gasteiger partial charge in [-0.2, -0.15) is 0 Å². The Bertz CT molecular complexity index is 283. The summed E-state index contributed by atoms with van der Waals surface area (Å²) >= 11 is 0. The molecule has 0 aliphatic rings. The van der Waals surface area contributed by atoms with Crippen molar-refractivity contribution in [1.82, 2.24) is 0 Å². The molecule has 0 spiro atoms. The van der Waals surface area contributed by atoms with E-state index in [1.54, 1.807) is 25.1 Å². The molecule has 0 saturated carbocycles. The Morgan fingerprint density at radius 3 is 2.64 bits per heavy atom. The van der Waals surface area contributed by atoms with Gasteiger partial charge in [0.15, 0.2) is 0 Å². The van der Waals surface area contributed by atoms with E-state index in [2.05, 4.69) is 11.8 Å². The van der Waals surface area contributed by atoms with Gasteiger partial charge < -0.3 is 5.11 Å². The van der Waals surface area contributed by atoms with Gasteiger partial charge in [-0.05, 0) is 25.1 Å². The Kier molecular flexibility index (Phi) is 5.65. The quantitative estimate of drug-likeness (QED) is 0.700. The molecule has 0 atom stereocenters. The van der Waals surface area contributed by atoms with Gasteiger partial charge in [-0.15, -0.1) is 5.92 Å². The average Bonchev–Trinajstić information content (AvgIpc) is 1.88. The summed E-state index contributed by atoms with van der Waals surface area (Å²) in [5.74, 6) is 5.85. The van der Waals surface area contributed by atoms with Crippen molar-refractivity contribution in [3.63, 3.8) is 0 Å². The first-order valence-corrected chi connectivity index (χ1v) is 3.04. The largest absolute Gasteiger partial charge is 0.508 e. The second-order valence-corrected chi connectivity index (χ2v) is 1.93. The number of aromatic hydroxyl groups is 1. The second-order valence-electron chi connectivity index (χ2n) is 1.93. The molecule has 11 heavy (non-hydrogen) atoms. The van der Waals surface area contributed by atoms with E-state index in [-0.39, 0.29) is 49.8 Å². The summed E-state index contributed by atoms with van der Waals surface area (Å²) in [5.41, 5.74) is 0.850. The monoisotopic (exact) mass is 359 g/mol. The molecule has 1 nitrogen and oxygen atoms in total. The van der Waals surface area contributed by atoms with Crippen LogP contribution in [0.2, 0.25) is 0 Å². The predicted octanol–water partition coefficient (Wildman–Crippen LogP) is 1.76. The molecular formula is C9H8AcO. The third-order valence-electron chi connectivity index (χ3n) is 1.12. The van der Waals surface area contributed by atoms with E-state index in [0.29, 0.717) is 0 Å². The van der Waals surface area contributed by atoms with Crippen LogP contribution in [0, 0.1) is 55.9 Å². The number of rotatable bonds is 0. The van der Waals surface area contributed by atoms with Gasteiger partial charge in [0, 0.05) is 49.6 Å². The Balaban J connectivity index is 0.000001000. The van der Waals surface area contributed by atoms with E-state index in [0.717, 1.165) is 5.56 Å². The van der Waals surface area contributed by atoms with Gasteiger partial charge in [-0.3, -0.25) is 0 Å². The van der Waals surface area contributed by atoms with Crippen LogP contribution in [0.1, 0.15) is 12.5 Å². The van der Waals surface area contributed by atoms with E-state index in [4.69, 9.17) is 5.11 Å². The Morgan fingerprint density at radius 1 is 1.36 bits per heavy atom. The molecule has 0 aromatic heterocycles. The van der Waals surface area contributed by atoms with E-state index in [1.165, 1.54) is 0 Å². The molecule has 0 fully saturated rings. The number of phenols is 1. The first-order valence-electron chi connectivity index (χ1n) is 3.04. The van der Waals surface area contributed by atoms with Gasteiger partial charge in [0.05, 0.1) is 0 Å². The van der Waals surface area contributed by atoms with Gasteiger partial charge in [-0.25, -0.2) is 0 Å². The van der Waals surface area contributed by atoms with Gasteiger partial charge in [0.2, 0.25) is 0 Å². The van der Waals surface area contributed by atoms with Gasteiger partial charge >= 0.3 is 0 Å². The summed E-state index contributed by atoms with van der Waals surface area (Å²) in [5, 5.41) is 8.97. The summed E-state index contributed by atoms with van der Waals surface area (Å²) < 4.78 is 0. The van der Waals surface area contributed by atoms with Crippen molar-refractivity contribution in [1.29, 1.82) is 0 Å². The first kappa shape index (κ1) is 11.0. The maximum Gasteiger partial charge on any atom is 0.116 e. The minimum absolute atomic E-state index is 0. The standard InChI is InChI=1S/C9H8O.Ac/c1-2-4-8-5-3-6-9(10)7-8;/h3,5-7,10H,1H3;. The fraction of sp³-hybridized carbons (Fsp3) is 0.111. The summed E-state index contributed by atoms with van der Waals surface area (Å²) in [7, 11) is 0. The van der Waals surface area contributed by atoms with Crippen molar-refractivity contribution in [3.8, 4) is 17.6 Å². The van der Waals surface area contributed by atoms with Crippen molar-refractivity contribution < 1.29 is 49.2 Å². The van der Waals surface area contributed by atoms with Crippen molar-refractivity contribution in [3.05, 3.63) is 29.8 Å². The van der Waals surface area contributed by atoms with Crippen LogP contribution in [0.25, 0.3) is 0 Å². The third-order valence-corrected chi connectivity index (χ3v) is 1.12. The minimum atomic E-state index is 0. The van der Waals surface area contributed by atoms with Crippen LogP contribution in [0.5, 0.6) is 5.75 Å². The molecule has 0 aliphatic heterocycles. The number of benzene rings is 1. The molecule has 0 saturated heterocycles. The maximum atomic E-state index is 8.97. The van der Waals surface area contributed by atoms with Crippen molar-refractivity contribution >= 4 is 0 Å². The summed E-state index contributed by atoms with van der Waals surface area (Å²) in [6.45, 7) is 1.77. The molecule has 0 unspecified atom stereocenters. The van der Waals surface area contributed by atoms with Crippen LogP contribution in [-0.4, -0.2) is 5.11 Å². The zero-order valence-electron chi connectivity index (χ0n) is 6.33. The molecule has 1 radical (unpaired) electrons. The first-order chi connectivity index (χ1) is 4.83. The summed E-state index contributed by atoms with van der Waals surface area (Å²) in [4.78, 5) is 0. The number of phenolic OH excluding ortho intramolecular Hbond substituents is 1. The van der Waals surface area contributed by atoms with Crippen LogP contribution in [0.3, 0.4) is 0 Å². The van der Waals surface area contributed by atoms with Crippen LogP contribution in [0.4, 0.5) is 0 Å². The van der Waals surface area contributed by atoms with E-state index >= 15 is 0 Å². The Morgan fingerprint density at radius 2 is 2.09 bits per heavy atom. The van der Waals surface area contributed by atoms with E-state index in [9.17, 15) is 0 Å². The number of hydrogen-bond donors (Lipinski definition) is 1. The Hall–Kier alpha value is 0.0216. The molecule has 2 heteroatoms. The fourth-order valence-electron chi connectivity index (χ4n) is 0.728. The molecule has 1 aromatic carbocycles. The SMILES string of the molecule is CC#Cc1cccc(O)c1.[Ac]. The fourth-order valence-corrected chi connectivity index (χ4v) is 0.728. The molecule has 0 heterocycles. The molecule has 1 rings (SSSR count). The molecule has 0 bridgehead atoms. The molecule has 0 aliphatic carbocycles. The second kappa shape index (κ2) is 5.64. The molecule has 0 amide bonds. The zero-order valence-corrected chi connectivity index (χ0v) is 11.1. The average molecular weight is 359 g/mol. The topological polar surface area (TPSA) is 20.2 Å². The van der Waals surface area contributed by atoms with E-state index < -0.39 is 0 Å². The van der Waals surface area contributed by atoms with Crippen LogP contribution in [-0.2, 0) is 0 Å². The van der Waals surface area contributed by atoms with Gasteiger partial charge in [0.25, 0.3) is 0 Å². The summed E-state index contributed by atoms with van der Waals surface area (Å²) in [6.07, 6.45) is 0. The van der Waals surface area contributed by atoms with Crippen LogP contribution < -0.4 is 0 Å². The minimum Gasteiger partial charge on any atom is -0.508 e. The van der Waals surface area contributed by atoms with Crippen molar-refractivity contribution in [2.75, 3.05) is 0 Å². The maximum absolute atomic E-state index is 8.97. The van der Waals surface area contributed by atoms with Crippen molar-refractivity contribution in [2.45, 2.75) is 6.92 Å². The zero-order chi connectivity index (χ0) is 7.40. The third kappa shape index (κ3) is 3.80. The van der Waals surface area contributed by atoms with Crippen LogP contribution >= 0.6 is 0 Å².